The maximum atomic E-state index is 13.3. The van der Waals surface area contributed by atoms with Crippen LogP contribution < -0.4 is 5.32 Å². The van der Waals surface area contributed by atoms with Gasteiger partial charge in [0.05, 0.1) is 5.52 Å². The van der Waals surface area contributed by atoms with Crippen molar-refractivity contribution in [3.8, 4) is 11.3 Å². The number of rotatable bonds is 4. The van der Waals surface area contributed by atoms with Crippen LogP contribution in [0, 0.1) is 5.82 Å². The SMILES string of the molecule is C[C@@H](Nc1nc2c(-c3cccc(Cl)c3)nnn2c2ccccc12)c1ccc(F)cc1. The molecule has 0 spiro atoms. The molecule has 5 nitrogen and oxygen atoms in total. The quantitative estimate of drug-likeness (QED) is 0.395. The lowest BCUT2D eigenvalue weighted by Crippen LogP contribution is -2.09. The van der Waals surface area contributed by atoms with Crippen molar-refractivity contribution in [3.05, 3.63) is 89.2 Å². The summed E-state index contributed by atoms with van der Waals surface area (Å²) in [6.07, 6.45) is 0. The van der Waals surface area contributed by atoms with E-state index in [-0.39, 0.29) is 11.9 Å². The zero-order valence-corrected chi connectivity index (χ0v) is 16.8. The molecule has 3 aromatic carbocycles. The maximum Gasteiger partial charge on any atom is 0.186 e. The lowest BCUT2D eigenvalue weighted by molar-refractivity contribution is 0.626. The molecule has 0 aliphatic heterocycles. The van der Waals surface area contributed by atoms with Gasteiger partial charge < -0.3 is 5.32 Å². The Kier molecular flexibility index (Phi) is 4.56. The molecule has 1 atom stereocenters. The number of para-hydroxylation sites is 1. The van der Waals surface area contributed by atoms with Gasteiger partial charge in [-0.3, -0.25) is 0 Å². The third-order valence-electron chi connectivity index (χ3n) is 5.07. The minimum absolute atomic E-state index is 0.0746. The Labute approximate surface area is 177 Å². The number of hydrogen-bond donors (Lipinski definition) is 1. The minimum atomic E-state index is -0.257. The Morgan fingerprint density at radius 2 is 1.80 bits per heavy atom. The van der Waals surface area contributed by atoms with Crippen LogP contribution >= 0.6 is 11.6 Å². The summed E-state index contributed by atoms with van der Waals surface area (Å²) in [6.45, 7) is 2.01. The average molecular weight is 418 g/mol. The summed E-state index contributed by atoms with van der Waals surface area (Å²) in [6, 6.07) is 21.7. The summed E-state index contributed by atoms with van der Waals surface area (Å²) in [5, 5.41) is 13.7. The molecule has 5 aromatic rings. The highest BCUT2D eigenvalue weighted by Gasteiger charge is 2.17. The first kappa shape index (κ1) is 18.5. The first-order valence-corrected chi connectivity index (χ1v) is 9.90. The van der Waals surface area contributed by atoms with Crippen molar-refractivity contribution in [2.24, 2.45) is 0 Å². The van der Waals surface area contributed by atoms with Crippen LogP contribution in [0.1, 0.15) is 18.5 Å². The molecule has 0 radical (unpaired) electrons. The predicted molar refractivity (Wildman–Crippen MR) is 117 cm³/mol. The monoisotopic (exact) mass is 417 g/mol. The minimum Gasteiger partial charge on any atom is -0.363 e. The van der Waals surface area contributed by atoms with E-state index in [4.69, 9.17) is 16.6 Å². The number of anilines is 1. The zero-order chi connectivity index (χ0) is 20.7. The molecule has 0 saturated heterocycles. The standard InChI is InChI=1S/C23H17ClFN5/c1-14(15-9-11-18(25)12-10-15)26-22-19-7-2-3-8-20(19)30-23(27-22)21(28-29-30)16-5-4-6-17(24)13-16/h2-14H,1H3,(H,26,27)/t14-/m1/s1. The van der Waals surface area contributed by atoms with Crippen LogP contribution in [-0.4, -0.2) is 19.8 Å². The number of aromatic nitrogens is 4. The number of halogens is 2. The fraction of sp³-hybridized carbons (Fsp3) is 0.0870. The molecule has 0 fully saturated rings. The van der Waals surface area contributed by atoms with E-state index < -0.39 is 0 Å². The normalized spacial score (nSPS) is 12.4. The molecule has 0 aliphatic rings. The molecule has 7 heteroatoms. The van der Waals surface area contributed by atoms with Gasteiger partial charge in [0.1, 0.15) is 17.3 Å². The van der Waals surface area contributed by atoms with E-state index in [0.717, 1.165) is 22.0 Å². The molecule has 0 saturated carbocycles. The Morgan fingerprint density at radius 3 is 2.60 bits per heavy atom. The van der Waals surface area contributed by atoms with E-state index in [0.29, 0.717) is 22.2 Å². The van der Waals surface area contributed by atoms with Crippen molar-refractivity contribution in [1.29, 1.82) is 0 Å². The molecule has 2 aromatic heterocycles. The largest absolute Gasteiger partial charge is 0.363 e. The van der Waals surface area contributed by atoms with Gasteiger partial charge >= 0.3 is 0 Å². The van der Waals surface area contributed by atoms with Crippen LogP contribution in [0.3, 0.4) is 0 Å². The summed E-state index contributed by atoms with van der Waals surface area (Å²) in [4.78, 5) is 4.86. The van der Waals surface area contributed by atoms with E-state index in [1.165, 1.54) is 12.1 Å². The highest BCUT2D eigenvalue weighted by atomic mass is 35.5. The van der Waals surface area contributed by atoms with Crippen LogP contribution in [-0.2, 0) is 0 Å². The molecular formula is C23H17ClFN5. The number of hydrogen-bond acceptors (Lipinski definition) is 4. The summed E-state index contributed by atoms with van der Waals surface area (Å²) >= 11 is 6.17. The van der Waals surface area contributed by atoms with Gasteiger partial charge in [0.25, 0.3) is 0 Å². The number of benzene rings is 3. The summed E-state index contributed by atoms with van der Waals surface area (Å²) in [7, 11) is 0. The van der Waals surface area contributed by atoms with Gasteiger partial charge in [0.2, 0.25) is 0 Å². The summed E-state index contributed by atoms with van der Waals surface area (Å²) < 4.78 is 15.0. The van der Waals surface area contributed by atoms with E-state index in [9.17, 15) is 4.39 Å². The van der Waals surface area contributed by atoms with Gasteiger partial charge in [-0.05, 0) is 48.9 Å². The Hall–Kier alpha value is -3.51. The number of fused-ring (bicyclic) bond motifs is 3. The summed E-state index contributed by atoms with van der Waals surface area (Å²) in [5.74, 6) is 0.452. The highest BCUT2D eigenvalue weighted by Crippen LogP contribution is 2.30. The summed E-state index contributed by atoms with van der Waals surface area (Å²) in [5.41, 5.74) is 3.98. The van der Waals surface area contributed by atoms with Crippen LogP contribution in [0.15, 0.2) is 72.8 Å². The van der Waals surface area contributed by atoms with Crippen molar-refractivity contribution in [3.63, 3.8) is 0 Å². The van der Waals surface area contributed by atoms with E-state index in [1.54, 1.807) is 16.6 Å². The van der Waals surface area contributed by atoms with Crippen molar-refractivity contribution < 1.29 is 4.39 Å². The number of nitrogens with zero attached hydrogens (tertiary/aromatic N) is 4. The third-order valence-corrected chi connectivity index (χ3v) is 5.31. The molecule has 30 heavy (non-hydrogen) atoms. The average Bonchev–Trinajstić information content (AvgIpc) is 3.18. The molecule has 0 aliphatic carbocycles. The van der Waals surface area contributed by atoms with Gasteiger partial charge in [0.15, 0.2) is 5.65 Å². The van der Waals surface area contributed by atoms with Crippen LogP contribution in [0.5, 0.6) is 0 Å². The van der Waals surface area contributed by atoms with Crippen molar-refractivity contribution in [1.82, 2.24) is 19.8 Å². The van der Waals surface area contributed by atoms with Crippen LogP contribution in [0.4, 0.5) is 10.2 Å². The Bertz CT molecular complexity index is 1360. The molecule has 0 amide bonds. The van der Waals surface area contributed by atoms with Gasteiger partial charge in [-0.1, -0.05) is 53.2 Å². The smallest absolute Gasteiger partial charge is 0.186 e. The Morgan fingerprint density at radius 1 is 1.00 bits per heavy atom. The molecule has 148 valence electrons. The van der Waals surface area contributed by atoms with E-state index in [2.05, 4.69) is 15.6 Å². The second-order valence-corrected chi connectivity index (χ2v) is 7.52. The molecule has 5 rings (SSSR count). The topological polar surface area (TPSA) is 55.1 Å². The molecule has 0 unspecified atom stereocenters. The lowest BCUT2D eigenvalue weighted by Gasteiger charge is -2.17. The lowest BCUT2D eigenvalue weighted by atomic mass is 10.1. The van der Waals surface area contributed by atoms with Gasteiger partial charge in [0, 0.05) is 22.0 Å². The van der Waals surface area contributed by atoms with Gasteiger partial charge in [-0.15, -0.1) is 5.10 Å². The molecular weight excluding hydrogens is 401 g/mol. The second kappa shape index (κ2) is 7.39. The Balaban J connectivity index is 1.66. The van der Waals surface area contributed by atoms with Crippen LogP contribution in [0.25, 0.3) is 27.8 Å². The fourth-order valence-electron chi connectivity index (χ4n) is 3.54. The van der Waals surface area contributed by atoms with Gasteiger partial charge in [-0.25, -0.2) is 9.37 Å². The predicted octanol–water partition coefficient (Wildman–Crippen LogP) is 5.91. The third kappa shape index (κ3) is 3.25. The second-order valence-electron chi connectivity index (χ2n) is 7.08. The van der Waals surface area contributed by atoms with Crippen molar-refractivity contribution >= 4 is 34.0 Å². The van der Waals surface area contributed by atoms with Crippen molar-refractivity contribution in [2.75, 3.05) is 5.32 Å². The van der Waals surface area contributed by atoms with E-state index >= 15 is 0 Å². The van der Waals surface area contributed by atoms with Gasteiger partial charge in [-0.2, -0.15) is 4.52 Å². The van der Waals surface area contributed by atoms with E-state index in [1.807, 2.05) is 55.5 Å². The number of nitrogens with one attached hydrogen (secondary N) is 1. The first-order chi connectivity index (χ1) is 14.6. The molecule has 2 heterocycles. The molecule has 1 N–H and O–H groups in total. The van der Waals surface area contributed by atoms with Crippen molar-refractivity contribution in [2.45, 2.75) is 13.0 Å². The first-order valence-electron chi connectivity index (χ1n) is 9.52. The zero-order valence-electron chi connectivity index (χ0n) is 16.1. The van der Waals surface area contributed by atoms with Crippen LogP contribution in [0.2, 0.25) is 5.02 Å². The maximum absolute atomic E-state index is 13.3. The fourth-order valence-corrected chi connectivity index (χ4v) is 3.73. The molecule has 0 bridgehead atoms. The highest BCUT2D eigenvalue weighted by molar-refractivity contribution is 6.30.